The first-order valence-corrected chi connectivity index (χ1v) is 8.29. The Kier molecular flexibility index (Phi) is 4.67. The summed E-state index contributed by atoms with van der Waals surface area (Å²) in [5, 5.41) is 10.8. The van der Waals surface area contributed by atoms with Crippen LogP contribution in [0.4, 0.5) is 0 Å². The molecule has 1 N–H and O–H groups in total. The van der Waals surface area contributed by atoms with Crippen molar-refractivity contribution in [2.24, 2.45) is 0 Å². The topological polar surface area (TPSA) is 45.0 Å². The van der Waals surface area contributed by atoms with Crippen molar-refractivity contribution in [3.63, 3.8) is 0 Å². The molecule has 1 amide bonds. The molecule has 2 aromatic heterocycles. The molecule has 0 aliphatic carbocycles. The monoisotopic (exact) mass is 322 g/mol. The highest BCUT2D eigenvalue weighted by Crippen LogP contribution is 2.25. The third-order valence-electron chi connectivity index (χ3n) is 4.36. The smallest absolute Gasteiger partial charge is 0.253 e. The summed E-state index contributed by atoms with van der Waals surface area (Å²) in [4.78, 5) is 14.5. The Morgan fingerprint density at radius 2 is 1.79 bits per heavy atom. The van der Waals surface area contributed by atoms with Gasteiger partial charge in [0.05, 0.1) is 5.69 Å². The molecule has 1 aromatic carbocycles. The van der Waals surface area contributed by atoms with Crippen molar-refractivity contribution >= 4 is 11.4 Å². The first-order valence-electron chi connectivity index (χ1n) is 8.29. The number of benzene rings is 1. The van der Waals surface area contributed by atoms with Gasteiger partial charge in [0.1, 0.15) is 6.10 Å². The van der Waals surface area contributed by atoms with E-state index in [0.29, 0.717) is 24.3 Å². The Labute approximate surface area is 142 Å². The van der Waals surface area contributed by atoms with Gasteiger partial charge in [-0.05, 0) is 43.7 Å². The predicted molar refractivity (Wildman–Crippen MR) is 95.2 cm³/mol. The van der Waals surface area contributed by atoms with E-state index in [-0.39, 0.29) is 5.91 Å². The molecule has 4 nitrogen and oxygen atoms in total. The van der Waals surface area contributed by atoms with Gasteiger partial charge in [-0.25, -0.2) is 0 Å². The molecule has 3 rings (SSSR count). The second-order valence-corrected chi connectivity index (χ2v) is 5.76. The fraction of sp³-hybridized carbons (Fsp3) is 0.250. The minimum absolute atomic E-state index is 0.00906. The van der Waals surface area contributed by atoms with Gasteiger partial charge < -0.3 is 14.4 Å². The van der Waals surface area contributed by atoms with Crippen molar-refractivity contribution in [1.82, 2.24) is 9.30 Å². The summed E-state index contributed by atoms with van der Waals surface area (Å²) in [6.07, 6.45) is 1.12. The molecular weight excluding hydrogens is 300 g/mol. The van der Waals surface area contributed by atoms with Crippen LogP contribution < -0.4 is 0 Å². The molecule has 24 heavy (non-hydrogen) atoms. The minimum atomic E-state index is -0.787. The zero-order valence-electron chi connectivity index (χ0n) is 14.0. The lowest BCUT2D eigenvalue weighted by atomic mass is 10.0. The molecule has 0 aliphatic heterocycles. The first-order chi connectivity index (χ1) is 11.7. The summed E-state index contributed by atoms with van der Waals surface area (Å²) in [6, 6.07) is 17.0. The Morgan fingerprint density at radius 1 is 1.08 bits per heavy atom. The van der Waals surface area contributed by atoms with E-state index in [1.54, 1.807) is 11.0 Å². The first kappa shape index (κ1) is 16.3. The fourth-order valence-electron chi connectivity index (χ4n) is 3.01. The van der Waals surface area contributed by atoms with Crippen LogP contribution in [0.25, 0.3) is 5.52 Å². The number of aliphatic hydroxyl groups is 1. The van der Waals surface area contributed by atoms with Crippen molar-refractivity contribution in [1.29, 1.82) is 0 Å². The average molecular weight is 322 g/mol. The Morgan fingerprint density at radius 3 is 2.46 bits per heavy atom. The Hall–Kier alpha value is -2.59. The SMILES string of the molecule is CCN(CC)C(=O)c1cc(C(O)c2ccccc2)n2cccc2c1. The average Bonchev–Trinajstić information content (AvgIpc) is 3.10. The lowest BCUT2D eigenvalue weighted by molar-refractivity contribution is 0.0772. The highest BCUT2D eigenvalue weighted by atomic mass is 16.3. The van der Waals surface area contributed by atoms with Gasteiger partial charge in [0.15, 0.2) is 0 Å². The number of pyridine rings is 1. The van der Waals surface area contributed by atoms with E-state index in [2.05, 4.69) is 0 Å². The number of carbonyl (C=O) groups is 1. The summed E-state index contributed by atoms with van der Waals surface area (Å²) < 4.78 is 1.93. The van der Waals surface area contributed by atoms with E-state index in [0.717, 1.165) is 11.1 Å². The summed E-state index contributed by atoms with van der Waals surface area (Å²) in [5.74, 6) is -0.00906. The molecule has 2 heterocycles. The third kappa shape index (κ3) is 2.93. The quantitative estimate of drug-likeness (QED) is 0.781. The number of carbonyl (C=O) groups excluding carboxylic acids is 1. The van der Waals surface area contributed by atoms with Crippen molar-refractivity contribution < 1.29 is 9.90 Å². The molecule has 0 saturated carbocycles. The van der Waals surface area contributed by atoms with Gasteiger partial charge in [-0.2, -0.15) is 0 Å². The molecule has 0 bridgehead atoms. The molecule has 4 heteroatoms. The Bertz CT molecular complexity index is 835. The van der Waals surface area contributed by atoms with Crippen LogP contribution in [-0.4, -0.2) is 33.4 Å². The van der Waals surface area contributed by atoms with Gasteiger partial charge in [0, 0.05) is 30.4 Å². The van der Waals surface area contributed by atoms with Crippen molar-refractivity contribution in [2.45, 2.75) is 20.0 Å². The molecule has 1 atom stereocenters. The lowest BCUT2D eigenvalue weighted by Gasteiger charge is -2.21. The molecule has 0 saturated heterocycles. The van der Waals surface area contributed by atoms with Crippen LogP contribution >= 0.6 is 0 Å². The van der Waals surface area contributed by atoms with E-state index < -0.39 is 6.10 Å². The van der Waals surface area contributed by atoms with Crippen LogP contribution in [0, 0.1) is 0 Å². The summed E-state index contributed by atoms with van der Waals surface area (Å²) in [7, 11) is 0. The molecule has 0 fully saturated rings. The van der Waals surface area contributed by atoms with Crippen LogP contribution in [-0.2, 0) is 0 Å². The van der Waals surface area contributed by atoms with Crippen LogP contribution in [0.1, 0.15) is 41.6 Å². The van der Waals surface area contributed by atoms with E-state index >= 15 is 0 Å². The standard InChI is InChI=1S/C20H22N2O2/c1-3-21(4-2)20(24)16-13-17-11-8-12-22(17)18(14-16)19(23)15-9-6-5-7-10-15/h5-14,19,23H,3-4H2,1-2H3. The van der Waals surface area contributed by atoms with Crippen molar-refractivity contribution in [3.8, 4) is 0 Å². The van der Waals surface area contributed by atoms with E-state index in [9.17, 15) is 9.90 Å². The largest absolute Gasteiger partial charge is 0.382 e. The lowest BCUT2D eigenvalue weighted by Crippen LogP contribution is -2.30. The molecule has 3 aromatic rings. The number of fused-ring (bicyclic) bond motifs is 1. The molecule has 1 unspecified atom stereocenters. The predicted octanol–water partition coefficient (Wildman–Crippen LogP) is 3.50. The van der Waals surface area contributed by atoms with Gasteiger partial charge in [-0.15, -0.1) is 0 Å². The maximum Gasteiger partial charge on any atom is 0.253 e. The summed E-state index contributed by atoms with van der Waals surface area (Å²) in [5.41, 5.74) is 3.01. The van der Waals surface area contributed by atoms with Gasteiger partial charge in [-0.3, -0.25) is 4.79 Å². The number of aromatic nitrogens is 1. The van der Waals surface area contributed by atoms with Gasteiger partial charge in [-0.1, -0.05) is 30.3 Å². The molecular formula is C20H22N2O2. The van der Waals surface area contributed by atoms with Gasteiger partial charge >= 0.3 is 0 Å². The second-order valence-electron chi connectivity index (χ2n) is 5.76. The van der Waals surface area contributed by atoms with Crippen molar-refractivity contribution in [3.05, 3.63) is 77.6 Å². The van der Waals surface area contributed by atoms with E-state index in [4.69, 9.17) is 0 Å². The molecule has 0 radical (unpaired) electrons. The Balaban J connectivity index is 2.10. The summed E-state index contributed by atoms with van der Waals surface area (Å²) >= 11 is 0. The number of rotatable bonds is 5. The zero-order chi connectivity index (χ0) is 17.1. The maximum absolute atomic E-state index is 12.7. The van der Waals surface area contributed by atoms with Crippen LogP contribution in [0.15, 0.2) is 60.8 Å². The van der Waals surface area contributed by atoms with E-state index in [1.807, 2.05) is 73.0 Å². The van der Waals surface area contributed by atoms with Crippen LogP contribution in [0.5, 0.6) is 0 Å². The highest BCUT2D eigenvalue weighted by Gasteiger charge is 2.19. The number of nitrogens with zero attached hydrogens (tertiary/aromatic N) is 2. The highest BCUT2D eigenvalue weighted by molar-refractivity contribution is 5.95. The van der Waals surface area contributed by atoms with Gasteiger partial charge in [0.25, 0.3) is 5.91 Å². The number of hydrogen-bond donors (Lipinski definition) is 1. The third-order valence-corrected chi connectivity index (χ3v) is 4.36. The zero-order valence-corrected chi connectivity index (χ0v) is 14.0. The van der Waals surface area contributed by atoms with Crippen LogP contribution in [0.2, 0.25) is 0 Å². The van der Waals surface area contributed by atoms with E-state index in [1.165, 1.54) is 0 Å². The van der Waals surface area contributed by atoms with Crippen LogP contribution in [0.3, 0.4) is 0 Å². The number of aliphatic hydroxyl groups excluding tert-OH is 1. The number of hydrogen-bond acceptors (Lipinski definition) is 2. The molecule has 0 aliphatic rings. The summed E-state index contributed by atoms with van der Waals surface area (Å²) in [6.45, 7) is 5.27. The molecule has 124 valence electrons. The second kappa shape index (κ2) is 6.89. The molecule has 0 spiro atoms. The van der Waals surface area contributed by atoms with Crippen molar-refractivity contribution in [2.75, 3.05) is 13.1 Å². The minimum Gasteiger partial charge on any atom is -0.382 e. The number of amides is 1. The van der Waals surface area contributed by atoms with Gasteiger partial charge in [0.2, 0.25) is 0 Å². The maximum atomic E-state index is 12.7. The normalized spacial score (nSPS) is 12.3. The fourth-order valence-corrected chi connectivity index (χ4v) is 3.01.